The summed E-state index contributed by atoms with van der Waals surface area (Å²) in [6, 6.07) is 0. The van der Waals surface area contributed by atoms with Gasteiger partial charge in [-0.05, 0) is 85.9 Å². The minimum absolute atomic E-state index is 0.450. The predicted molar refractivity (Wildman–Crippen MR) is 95.0 cm³/mol. The van der Waals surface area contributed by atoms with Gasteiger partial charge in [0.15, 0.2) is 0 Å². The van der Waals surface area contributed by atoms with Crippen LogP contribution in [-0.4, -0.2) is 5.78 Å². The molecule has 7 atom stereocenters. The van der Waals surface area contributed by atoms with Crippen LogP contribution in [0.4, 0.5) is 0 Å². The SMILES string of the molecule is C/C=C1/CC[C@H]2[C@@H]3C(C)C[C@H]4CC(=O)CC[C@]4(C)[C@H]3CC[C@]12C. The van der Waals surface area contributed by atoms with Crippen molar-refractivity contribution < 1.29 is 4.79 Å². The average molecular weight is 315 g/mol. The van der Waals surface area contributed by atoms with E-state index in [1.165, 1.54) is 38.5 Å². The summed E-state index contributed by atoms with van der Waals surface area (Å²) in [5, 5.41) is 0. The van der Waals surface area contributed by atoms with Crippen molar-refractivity contribution in [2.24, 2.45) is 40.4 Å². The maximum Gasteiger partial charge on any atom is 0.133 e. The van der Waals surface area contributed by atoms with Crippen molar-refractivity contribution >= 4 is 5.78 Å². The lowest BCUT2D eigenvalue weighted by Gasteiger charge is -2.61. The predicted octanol–water partition coefficient (Wildman–Crippen LogP) is 5.79. The number of allylic oxidation sites excluding steroid dienone is 2. The zero-order valence-corrected chi connectivity index (χ0v) is 15.5. The van der Waals surface area contributed by atoms with Gasteiger partial charge in [-0.2, -0.15) is 0 Å². The molecule has 0 radical (unpaired) electrons. The largest absolute Gasteiger partial charge is 0.300 e. The Bertz CT molecular complexity index is 546. The highest BCUT2D eigenvalue weighted by atomic mass is 16.1. The van der Waals surface area contributed by atoms with Crippen LogP contribution in [0.3, 0.4) is 0 Å². The molecule has 0 amide bonds. The Morgan fingerprint density at radius 3 is 2.61 bits per heavy atom. The number of Topliss-reactive ketones (excluding diaryl/α,β-unsaturated/α-hetero) is 1. The first-order valence-electron chi connectivity index (χ1n) is 10.1. The standard InChI is InChI=1S/C22H34O/c1-5-15-6-7-18-20-14(2)12-16-13-17(23)8-10-22(16,4)19(20)9-11-21(15,18)3/h5,14,16,18-20H,6-13H2,1-4H3/b15-5-/t14?,16-,18-,19-,20-,21+,22-/m0/s1. The summed E-state index contributed by atoms with van der Waals surface area (Å²) in [7, 11) is 0. The molecule has 23 heavy (non-hydrogen) atoms. The first-order chi connectivity index (χ1) is 10.9. The van der Waals surface area contributed by atoms with Crippen molar-refractivity contribution in [2.75, 3.05) is 0 Å². The summed E-state index contributed by atoms with van der Waals surface area (Å²) in [4.78, 5) is 12.0. The van der Waals surface area contributed by atoms with Crippen molar-refractivity contribution in [3.05, 3.63) is 11.6 Å². The highest BCUT2D eigenvalue weighted by Crippen LogP contribution is 2.68. The molecule has 1 unspecified atom stereocenters. The molecule has 1 nitrogen and oxygen atoms in total. The summed E-state index contributed by atoms with van der Waals surface area (Å²) >= 11 is 0. The quantitative estimate of drug-likeness (QED) is 0.517. The zero-order valence-electron chi connectivity index (χ0n) is 15.5. The summed E-state index contributed by atoms with van der Waals surface area (Å²) in [5.74, 6) is 4.70. The van der Waals surface area contributed by atoms with Crippen LogP contribution in [0, 0.1) is 40.4 Å². The van der Waals surface area contributed by atoms with E-state index in [-0.39, 0.29) is 0 Å². The second-order valence-corrected chi connectivity index (χ2v) is 9.76. The van der Waals surface area contributed by atoms with Gasteiger partial charge in [-0.15, -0.1) is 0 Å². The van der Waals surface area contributed by atoms with Gasteiger partial charge in [0, 0.05) is 12.8 Å². The summed E-state index contributed by atoms with van der Waals surface area (Å²) in [5.41, 5.74) is 2.68. The maximum atomic E-state index is 12.0. The van der Waals surface area contributed by atoms with Crippen molar-refractivity contribution in [2.45, 2.75) is 79.1 Å². The van der Waals surface area contributed by atoms with E-state index in [4.69, 9.17) is 0 Å². The molecule has 0 saturated heterocycles. The van der Waals surface area contributed by atoms with Crippen molar-refractivity contribution in [1.82, 2.24) is 0 Å². The molecule has 4 fully saturated rings. The average Bonchev–Trinajstić information content (AvgIpc) is 2.85. The van der Waals surface area contributed by atoms with Gasteiger partial charge in [0.2, 0.25) is 0 Å². The lowest BCUT2D eigenvalue weighted by Crippen LogP contribution is -2.55. The molecule has 4 rings (SSSR count). The molecule has 4 aliphatic carbocycles. The zero-order chi connectivity index (χ0) is 16.4. The Labute approximate surface area is 142 Å². The topological polar surface area (TPSA) is 17.1 Å². The third kappa shape index (κ3) is 2.07. The number of carbonyl (C=O) groups is 1. The Morgan fingerprint density at radius 1 is 1.09 bits per heavy atom. The summed E-state index contributed by atoms with van der Waals surface area (Å²) in [6.45, 7) is 9.89. The Hall–Kier alpha value is -0.590. The number of hydrogen-bond acceptors (Lipinski definition) is 1. The molecule has 4 saturated carbocycles. The smallest absolute Gasteiger partial charge is 0.133 e. The van der Waals surface area contributed by atoms with Crippen LogP contribution in [0.2, 0.25) is 0 Å². The van der Waals surface area contributed by atoms with E-state index in [0.717, 1.165) is 36.5 Å². The van der Waals surface area contributed by atoms with Gasteiger partial charge in [-0.3, -0.25) is 4.79 Å². The molecule has 0 N–H and O–H groups in total. The molecule has 128 valence electrons. The maximum absolute atomic E-state index is 12.0. The Balaban J connectivity index is 1.70. The highest BCUT2D eigenvalue weighted by Gasteiger charge is 2.60. The monoisotopic (exact) mass is 314 g/mol. The van der Waals surface area contributed by atoms with E-state index in [1.54, 1.807) is 5.57 Å². The molecule has 0 aromatic rings. The third-order valence-corrected chi connectivity index (χ3v) is 9.04. The number of carbonyl (C=O) groups excluding carboxylic acids is 1. The fraction of sp³-hybridized carbons (Fsp3) is 0.864. The van der Waals surface area contributed by atoms with Gasteiger partial charge in [0.1, 0.15) is 5.78 Å². The number of hydrogen-bond donors (Lipinski definition) is 0. The summed E-state index contributed by atoms with van der Waals surface area (Å²) in [6.07, 6.45) is 12.2. The highest BCUT2D eigenvalue weighted by molar-refractivity contribution is 5.79. The molecule has 0 bridgehead atoms. The first-order valence-corrected chi connectivity index (χ1v) is 10.1. The lowest BCUT2D eigenvalue weighted by molar-refractivity contribution is -0.144. The van der Waals surface area contributed by atoms with Crippen molar-refractivity contribution in [1.29, 1.82) is 0 Å². The Kier molecular flexibility index (Phi) is 3.60. The van der Waals surface area contributed by atoms with Crippen LogP contribution in [0.15, 0.2) is 11.6 Å². The van der Waals surface area contributed by atoms with E-state index in [9.17, 15) is 4.79 Å². The normalized spacial score (nSPS) is 54.5. The van der Waals surface area contributed by atoms with Crippen LogP contribution in [-0.2, 0) is 4.79 Å². The molecule has 0 aromatic carbocycles. The minimum atomic E-state index is 0.450. The molecule has 0 aromatic heterocycles. The molecule has 0 aliphatic heterocycles. The van der Waals surface area contributed by atoms with E-state index in [0.29, 0.717) is 22.5 Å². The second-order valence-electron chi connectivity index (χ2n) is 9.76. The van der Waals surface area contributed by atoms with Crippen molar-refractivity contribution in [3.63, 3.8) is 0 Å². The lowest BCUT2D eigenvalue weighted by atomic mass is 9.43. The number of fused-ring (bicyclic) bond motifs is 5. The fourth-order valence-corrected chi connectivity index (χ4v) is 7.75. The van der Waals surface area contributed by atoms with Gasteiger partial charge >= 0.3 is 0 Å². The molecule has 0 heterocycles. The van der Waals surface area contributed by atoms with Gasteiger partial charge in [-0.1, -0.05) is 32.4 Å². The minimum Gasteiger partial charge on any atom is -0.300 e. The third-order valence-electron chi connectivity index (χ3n) is 9.04. The van der Waals surface area contributed by atoms with Gasteiger partial charge in [0.25, 0.3) is 0 Å². The number of rotatable bonds is 0. The van der Waals surface area contributed by atoms with Crippen LogP contribution in [0.25, 0.3) is 0 Å². The van der Waals surface area contributed by atoms with E-state index in [1.807, 2.05) is 0 Å². The van der Waals surface area contributed by atoms with Gasteiger partial charge in [-0.25, -0.2) is 0 Å². The van der Waals surface area contributed by atoms with Crippen LogP contribution >= 0.6 is 0 Å². The first kappa shape index (κ1) is 15.9. The van der Waals surface area contributed by atoms with Crippen LogP contribution in [0.1, 0.15) is 79.1 Å². The van der Waals surface area contributed by atoms with Gasteiger partial charge < -0.3 is 0 Å². The molecular formula is C22H34O. The van der Waals surface area contributed by atoms with E-state index < -0.39 is 0 Å². The fourth-order valence-electron chi connectivity index (χ4n) is 7.75. The van der Waals surface area contributed by atoms with Crippen LogP contribution in [0.5, 0.6) is 0 Å². The molecular weight excluding hydrogens is 280 g/mol. The van der Waals surface area contributed by atoms with E-state index >= 15 is 0 Å². The van der Waals surface area contributed by atoms with E-state index in [2.05, 4.69) is 33.8 Å². The molecule has 4 aliphatic rings. The summed E-state index contributed by atoms with van der Waals surface area (Å²) < 4.78 is 0. The number of ketones is 1. The van der Waals surface area contributed by atoms with Gasteiger partial charge in [0.05, 0.1) is 0 Å². The van der Waals surface area contributed by atoms with Crippen molar-refractivity contribution in [3.8, 4) is 0 Å². The molecule has 1 heteroatoms. The molecule has 0 spiro atoms. The van der Waals surface area contributed by atoms with Crippen LogP contribution < -0.4 is 0 Å². The Morgan fingerprint density at radius 2 is 1.87 bits per heavy atom. The second kappa shape index (κ2) is 5.20.